The molecule has 0 unspecified atom stereocenters. The van der Waals surface area contributed by atoms with Crippen LogP contribution in [-0.4, -0.2) is 78.4 Å². The summed E-state index contributed by atoms with van der Waals surface area (Å²) in [6.45, 7) is 3.36. The Morgan fingerprint density at radius 2 is 1.83 bits per heavy atom. The summed E-state index contributed by atoms with van der Waals surface area (Å²) in [6.07, 6.45) is 2.53. The van der Waals surface area contributed by atoms with Crippen molar-refractivity contribution in [2.45, 2.75) is 30.7 Å². The highest BCUT2D eigenvalue weighted by Gasteiger charge is 2.33. The third kappa shape index (κ3) is 6.53. The molecule has 5 rings (SSSR count). The number of nitrogens with zero attached hydrogens (tertiary/aromatic N) is 5. The smallest absolute Gasteiger partial charge is 0.284 e. The minimum Gasteiger partial charge on any atom is -0.373 e. The quantitative estimate of drug-likeness (QED) is 0.271. The molecule has 1 amide bonds. The third-order valence-electron chi connectivity index (χ3n) is 7.42. The van der Waals surface area contributed by atoms with Gasteiger partial charge in [0.15, 0.2) is 5.82 Å². The number of halogens is 3. The standard InChI is InChI=1S/C26H29F2N7O5S.ClH/c1-32(10-11-33-7-2-3-8-33)19-4-5-21(24(15-19)35(37)38)26(36)29-25-22-16-34(9-6-23(22)30-31-25)41(39,40)20-13-17(27)12-18(28)14-20;/h4-5,12-15H,2-3,6-11,16H2,1H3,(H2,29,30,31,36);1H. The van der Waals surface area contributed by atoms with Crippen LogP contribution in [-0.2, 0) is 23.0 Å². The number of nitrogens with one attached hydrogen (secondary N) is 2. The second-order valence-electron chi connectivity index (χ2n) is 10.1. The van der Waals surface area contributed by atoms with E-state index in [0.29, 0.717) is 29.6 Å². The molecule has 0 bridgehead atoms. The molecule has 3 aromatic rings. The summed E-state index contributed by atoms with van der Waals surface area (Å²) in [6, 6.07) is 6.42. The van der Waals surface area contributed by atoms with E-state index in [0.717, 1.165) is 36.1 Å². The number of hydrogen-bond acceptors (Lipinski definition) is 8. The number of likely N-dealkylation sites (N-methyl/N-ethyl adjacent to an activating group) is 1. The van der Waals surface area contributed by atoms with Gasteiger partial charge < -0.3 is 15.1 Å². The molecule has 3 heterocycles. The third-order valence-corrected chi connectivity index (χ3v) is 9.24. The number of carbonyl (C=O) groups excluding carboxylic acids is 1. The number of aromatic amines is 1. The SMILES string of the molecule is CN(CCN1CCCC1)c1ccc(C(=O)Nc2n[nH]c3c2CN(S(=O)(=O)c2cc(F)cc(F)c2)CC3)c([N+](=O)[O-])c1.Cl. The van der Waals surface area contributed by atoms with E-state index in [1.807, 2.05) is 11.9 Å². The summed E-state index contributed by atoms with van der Waals surface area (Å²) in [5.74, 6) is -2.83. The number of carbonyl (C=O) groups is 1. The number of anilines is 2. The zero-order valence-corrected chi connectivity index (χ0v) is 24.3. The van der Waals surface area contributed by atoms with Gasteiger partial charge in [0.05, 0.1) is 9.82 Å². The Balaban J connectivity index is 0.00000405. The molecular weight excluding hydrogens is 596 g/mol. The number of nitro benzene ring substituents is 1. The van der Waals surface area contributed by atoms with Gasteiger partial charge in [-0.2, -0.15) is 9.40 Å². The molecule has 0 radical (unpaired) electrons. The Morgan fingerprint density at radius 1 is 1.14 bits per heavy atom. The van der Waals surface area contributed by atoms with Crippen molar-refractivity contribution in [2.75, 3.05) is 50.0 Å². The van der Waals surface area contributed by atoms with Gasteiger partial charge in [0, 0.05) is 68.7 Å². The topological polar surface area (TPSA) is 145 Å². The second kappa shape index (κ2) is 12.7. The molecule has 0 spiro atoms. The van der Waals surface area contributed by atoms with Crippen molar-refractivity contribution in [3.05, 3.63) is 75.0 Å². The average Bonchev–Trinajstić information content (AvgIpc) is 3.60. The molecule has 12 nitrogen and oxygen atoms in total. The summed E-state index contributed by atoms with van der Waals surface area (Å²) in [5.41, 5.74) is 0.959. The molecule has 1 fully saturated rings. The van der Waals surface area contributed by atoms with E-state index in [-0.39, 0.29) is 49.0 Å². The van der Waals surface area contributed by atoms with Gasteiger partial charge in [-0.3, -0.25) is 20.0 Å². The van der Waals surface area contributed by atoms with E-state index in [4.69, 9.17) is 0 Å². The lowest BCUT2D eigenvalue weighted by molar-refractivity contribution is -0.385. The number of nitro groups is 1. The van der Waals surface area contributed by atoms with Crippen LogP contribution in [0.5, 0.6) is 0 Å². The molecular formula is C26H30ClF2N7O5S. The van der Waals surface area contributed by atoms with Gasteiger partial charge in [0.2, 0.25) is 10.0 Å². The van der Waals surface area contributed by atoms with Crippen molar-refractivity contribution < 1.29 is 26.9 Å². The van der Waals surface area contributed by atoms with Crippen LogP contribution in [0, 0.1) is 21.7 Å². The van der Waals surface area contributed by atoms with E-state index < -0.39 is 37.4 Å². The zero-order chi connectivity index (χ0) is 29.3. The van der Waals surface area contributed by atoms with Gasteiger partial charge in [-0.05, 0) is 50.2 Å². The van der Waals surface area contributed by atoms with Crippen LogP contribution in [0.25, 0.3) is 0 Å². The first kappa shape index (κ1) is 31.3. The van der Waals surface area contributed by atoms with Crippen molar-refractivity contribution in [3.8, 4) is 0 Å². The monoisotopic (exact) mass is 625 g/mol. The number of fused-ring (bicyclic) bond motifs is 1. The fourth-order valence-electron chi connectivity index (χ4n) is 5.11. The van der Waals surface area contributed by atoms with Crippen molar-refractivity contribution in [3.63, 3.8) is 0 Å². The number of hydrogen-bond donors (Lipinski definition) is 2. The molecule has 226 valence electrons. The highest BCUT2D eigenvalue weighted by Crippen LogP contribution is 2.31. The largest absolute Gasteiger partial charge is 0.373 e. The van der Waals surface area contributed by atoms with Crippen LogP contribution < -0.4 is 10.2 Å². The van der Waals surface area contributed by atoms with Gasteiger partial charge >= 0.3 is 0 Å². The molecule has 0 atom stereocenters. The lowest BCUT2D eigenvalue weighted by Crippen LogP contribution is -2.36. The molecule has 42 heavy (non-hydrogen) atoms. The van der Waals surface area contributed by atoms with Gasteiger partial charge in [-0.25, -0.2) is 17.2 Å². The van der Waals surface area contributed by atoms with E-state index in [9.17, 15) is 32.1 Å². The van der Waals surface area contributed by atoms with Crippen LogP contribution in [0.3, 0.4) is 0 Å². The molecule has 2 aromatic carbocycles. The number of sulfonamides is 1. The maximum atomic E-state index is 13.7. The summed E-state index contributed by atoms with van der Waals surface area (Å²) in [4.78, 5) is 28.1. The fraction of sp³-hybridized carbons (Fsp3) is 0.385. The predicted octanol–water partition coefficient (Wildman–Crippen LogP) is 3.55. The summed E-state index contributed by atoms with van der Waals surface area (Å²) < 4.78 is 54.6. The van der Waals surface area contributed by atoms with Crippen molar-refractivity contribution in [1.82, 2.24) is 19.4 Å². The Hall–Kier alpha value is -3.66. The number of rotatable bonds is 9. The van der Waals surface area contributed by atoms with Crippen molar-refractivity contribution >= 4 is 45.5 Å². The summed E-state index contributed by atoms with van der Waals surface area (Å²) in [5, 5.41) is 21.3. The van der Waals surface area contributed by atoms with Gasteiger partial charge in [-0.15, -0.1) is 12.4 Å². The number of H-pyrrole nitrogens is 1. The summed E-state index contributed by atoms with van der Waals surface area (Å²) >= 11 is 0. The second-order valence-corrected chi connectivity index (χ2v) is 12.0. The van der Waals surface area contributed by atoms with Crippen LogP contribution in [0.4, 0.5) is 26.0 Å². The molecule has 2 aliphatic rings. The Bertz CT molecular complexity index is 1580. The van der Waals surface area contributed by atoms with Gasteiger partial charge in [0.25, 0.3) is 11.6 Å². The van der Waals surface area contributed by atoms with Crippen molar-refractivity contribution in [2.24, 2.45) is 0 Å². The van der Waals surface area contributed by atoms with Crippen LogP contribution in [0.15, 0.2) is 41.3 Å². The van der Waals surface area contributed by atoms with Crippen LogP contribution in [0.2, 0.25) is 0 Å². The molecule has 0 saturated carbocycles. The lowest BCUT2D eigenvalue weighted by atomic mass is 10.1. The van der Waals surface area contributed by atoms with E-state index in [1.54, 1.807) is 6.07 Å². The lowest BCUT2D eigenvalue weighted by Gasteiger charge is -2.26. The van der Waals surface area contributed by atoms with E-state index in [1.165, 1.54) is 25.0 Å². The first-order valence-corrected chi connectivity index (χ1v) is 14.5. The first-order valence-electron chi connectivity index (χ1n) is 13.1. The maximum Gasteiger partial charge on any atom is 0.284 e. The summed E-state index contributed by atoms with van der Waals surface area (Å²) in [7, 11) is -2.43. The van der Waals surface area contributed by atoms with E-state index in [2.05, 4.69) is 20.4 Å². The molecule has 16 heteroatoms. The number of amides is 1. The minimum absolute atomic E-state index is 0. The molecule has 1 aromatic heterocycles. The maximum absolute atomic E-state index is 13.7. The minimum atomic E-state index is -4.26. The zero-order valence-electron chi connectivity index (χ0n) is 22.7. The highest BCUT2D eigenvalue weighted by atomic mass is 35.5. The fourth-order valence-corrected chi connectivity index (χ4v) is 6.56. The average molecular weight is 626 g/mol. The van der Waals surface area contributed by atoms with Gasteiger partial charge in [-0.1, -0.05) is 0 Å². The van der Waals surface area contributed by atoms with Gasteiger partial charge in [0.1, 0.15) is 17.2 Å². The number of likely N-dealkylation sites (tertiary alicyclic amines) is 1. The highest BCUT2D eigenvalue weighted by molar-refractivity contribution is 7.89. The Morgan fingerprint density at radius 3 is 2.50 bits per heavy atom. The predicted molar refractivity (Wildman–Crippen MR) is 153 cm³/mol. The Kier molecular flexibility index (Phi) is 9.45. The number of benzene rings is 2. The van der Waals surface area contributed by atoms with E-state index >= 15 is 0 Å². The van der Waals surface area contributed by atoms with Crippen molar-refractivity contribution in [1.29, 1.82) is 0 Å². The van der Waals surface area contributed by atoms with Crippen LogP contribution >= 0.6 is 12.4 Å². The molecule has 1 saturated heterocycles. The molecule has 2 N–H and O–H groups in total. The normalized spacial score (nSPS) is 15.6. The Labute approximate surface area is 247 Å². The molecule has 0 aliphatic carbocycles. The molecule has 2 aliphatic heterocycles. The first-order chi connectivity index (χ1) is 19.5. The number of aromatic nitrogens is 2. The van der Waals surface area contributed by atoms with Crippen LogP contribution in [0.1, 0.15) is 34.5 Å².